The molecule has 6 fully saturated rings. The molecule has 11 heteroatoms. The third kappa shape index (κ3) is 6.37. The third-order valence-electron chi connectivity index (χ3n) is 13.6. The highest BCUT2D eigenvalue weighted by atomic mass is 19.1. The van der Waals surface area contributed by atoms with Gasteiger partial charge in [-0.05, 0) is 131 Å². The first-order valence-corrected chi connectivity index (χ1v) is 19.3. The second kappa shape index (κ2) is 13.5. The maximum absolute atomic E-state index is 15.5. The van der Waals surface area contributed by atoms with Gasteiger partial charge in [-0.3, -0.25) is 14.4 Å². The monoisotopic (exact) mass is 713 g/mol. The lowest BCUT2D eigenvalue weighted by molar-refractivity contribution is -0.124. The Morgan fingerprint density at radius 3 is 2.33 bits per heavy atom. The van der Waals surface area contributed by atoms with Crippen LogP contribution in [-0.2, 0) is 20.5 Å². The first kappa shape index (κ1) is 35.1. The zero-order valence-electron chi connectivity index (χ0n) is 30.8. The molecule has 278 valence electrons. The number of rotatable bonds is 9. The van der Waals surface area contributed by atoms with Crippen molar-refractivity contribution in [3.05, 3.63) is 59.8 Å². The van der Waals surface area contributed by atoms with Crippen molar-refractivity contribution < 1.29 is 28.6 Å². The summed E-state index contributed by atoms with van der Waals surface area (Å²) >= 11 is 0. The van der Waals surface area contributed by atoms with Gasteiger partial charge in [0.2, 0.25) is 5.91 Å². The summed E-state index contributed by atoms with van der Waals surface area (Å²) in [5.74, 6) is 0.730. The summed E-state index contributed by atoms with van der Waals surface area (Å²) in [6.07, 6.45) is 15.6. The van der Waals surface area contributed by atoms with Crippen molar-refractivity contribution in [2.75, 3.05) is 31.6 Å². The maximum Gasteiger partial charge on any atom is 0.410 e. The molecular weight excluding hydrogens is 661 g/mol. The molecule has 1 aliphatic heterocycles. The van der Waals surface area contributed by atoms with E-state index in [1.165, 1.54) is 16.7 Å². The Morgan fingerprint density at radius 1 is 1.00 bits per heavy atom. The number of carbonyl (C=O) groups is 2. The van der Waals surface area contributed by atoms with Crippen molar-refractivity contribution >= 4 is 17.8 Å². The molecule has 3 heterocycles. The molecule has 2 amide bonds. The van der Waals surface area contributed by atoms with Gasteiger partial charge in [0.1, 0.15) is 23.5 Å². The lowest BCUT2D eigenvalue weighted by atomic mass is 9.51. The molecule has 1 aromatic carbocycles. The number of aromatic nitrogens is 3. The number of carbonyl (C=O) groups excluding carboxylic acids is 2. The van der Waals surface area contributed by atoms with E-state index in [1.54, 1.807) is 19.4 Å². The summed E-state index contributed by atoms with van der Waals surface area (Å²) in [4.78, 5) is 35.2. The Balaban J connectivity index is 1.03. The SMILES string of the molecule is COc1ccc(C23CCC(CN(C(=O)C4CCC(OC(=O)N5CC(O)C5)CC4)c4cc(-c5cnn(C6(C)CCC6)c5)c(F)cn4)(CC2)CC3)cc1C. The van der Waals surface area contributed by atoms with Gasteiger partial charge >= 0.3 is 6.09 Å². The molecule has 6 aliphatic rings. The predicted molar refractivity (Wildman–Crippen MR) is 195 cm³/mol. The van der Waals surface area contributed by atoms with Crippen molar-refractivity contribution in [3.63, 3.8) is 0 Å². The first-order chi connectivity index (χ1) is 25.0. The van der Waals surface area contributed by atoms with Crippen LogP contribution in [0.4, 0.5) is 15.0 Å². The Hall–Kier alpha value is -3.99. The summed E-state index contributed by atoms with van der Waals surface area (Å²) in [6.45, 7) is 5.44. The fourth-order valence-electron chi connectivity index (χ4n) is 9.69. The molecule has 2 aromatic heterocycles. The van der Waals surface area contributed by atoms with E-state index in [0.717, 1.165) is 69.1 Å². The fraction of sp³-hybridized carbons (Fsp3) is 0.610. The number of amides is 2. The Kier molecular flexibility index (Phi) is 9.07. The lowest BCUT2D eigenvalue weighted by Crippen LogP contribution is -2.54. The summed E-state index contributed by atoms with van der Waals surface area (Å²) in [7, 11) is 1.71. The Bertz CT molecular complexity index is 1800. The number of anilines is 1. The van der Waals surface area contributed by atoms with E-state index < -0.39 is 18.0 Å². The Labute approximate surface area is 305 Å². The van der Waals surface area contributed by atoms with E-state index in [4.69, 9.17) is 9.47 Å². The number of pyridine rings is 1. The number of benzene rings is 1. The minimum atomic E-state index is -0.481. The van der Waals surface area contributed by atoms with E-state index in [9.17, 15) is 14.7 Å². The molecule has 3 aromatic rings. The van der Waals surface area contributed by atoms with Crippen molar-refractivity contribution in [1.82, 2.24) is 19.7 Å². The first-order valence-electron chi connectivity index (χ1n) is 19.3. The van der Waals surface area contributed by atoms with Gasteiger partial charge in [-0.15, -0.1) is 0 Å². The number of methoxy groups -OCH3 is 1. The summed E-state index contributed by atoms with van der Waals surface area (Å²) < 4.78 is 28.8. The average molecular weight is 714 g/mol. The van der Waals surface area contributed by atoms with Crippen LogP contribution in [0.5, 0.6) is 5.75 Å². The van der Waals surface area contributed by atoms with Gasteiger partial charge in [-0.1, -0.05) is 12.1 Å². The lowest BCUT2D eigenvalue weighted by Gasteiger charge is -2.55. The summed E-state index contributed by atoms with van der Waals surface area (Å²) in [5, 5.41) is 14.2. The molecule has 5 saturated carbocycles. The largest absolute Gasteiger partial charge is 0.496 e. The van der Waals surface area contributed by atoms with Crippen LogP contribution in [0.15, 0.2) is 42.9 Å². The molecule has 10 nitrogen and oxygen atoms in total. The zero-order chi connectivity index (χ0) is 36.3. The molecule has 5 aliphatic carbocycles. The maximum atomic E-state index is 15.5. The molecule has 1 N–H and O–H groups in total. The number of halogens is 1. The molecule has 0 spiro atoms. The molecule has 9 rings (SSSR count). The molecule has 0 radical (unpaired) electrons. The van der Waals surface area contributed by atoms with Gasteiger partial charge in [0.05, 0.1) is 44.2 Å². The normalized spacial score (nSPS) is 28.1. The average Bonchev–Trinajstić information content (AvgIpc) is 3.63. The number of aliphatic hydroxyl groups excluding tert-OH is 1. The minimum absolute atomic E-state index is 0.0148. The van der Waals surface area contributed by atoms with Gasteiger partial charge in [0.25, 0.3) is 0 Å². The molecule has 2 bridgehead atoms. The molecule has 0 unspecified atom stereocenters. The highest BCUT2D eigenvalue weighted by Crippen LogP contribution is 2.58. The second-order valence-corrected chi connectivity index (χ2v) is 16.9. The minimum Gasteiger partial charge on any atom is -0.496 e. The quantitative estimate of drug-likeness (QED) is 0.248. The van der Waals surface area contributed by atoms with E-state index in [-0.39, 0.29) is 34.3 Å². The summed E-state index contributed by atoms with van der Waals surface area (Å²) in [5.41, 5.74) is 3.67. The van der Waals surface area contributed by atoms with Crippen molar-refractivity contribution in [2.45, 2.75) is 120 Å². The summed E-state index contributed by atoms with van der Waals surface area (Å²) in [6, 6.07) is 8.37. The van der Waals surface area contributed by atoms with Crippen LogP contribution < -0.4 is 9.64 Å². The molecule has 0 atom stereocenters. The van der Waals surface area contributed by atoms with Crippen molar-refractivity contribution in [3.8, 4) is 16.9 Å². The number of β-amino-alcohol motifs (C(OH)–C–C–N with tert-alkyl or cyclic N) is 1. The zero-order valence-corrected chi connectivity index (χ0v) is 30.8. The number of fused-ring (bicyclic) bond motifs is 3. The molecule has 52 heavy (non-hydrogen) atoms. The van der Waals surface area contributed by atoms with Crippen LogP contribution >= 0.6 is 0 Å². The van der Waals surface area contributed by atoms with Gasteiger partial charge < -0.3 is 19.5 Å². The smallest absolute Gasteiger partial charge is 0.410 e. The number of nitrogens with zero attached hydrogens (tertiary/aromatic N) is 5. The highest BCUT2D eigenvalue weighted by Gasteiger charge is 2.51. The van der Waals surface area contributed by atoms with Crippen molar-refractivity contribution in [1.29, 1.82) is 0 Å². The number of hydrogen-bond acceptors (Lipinski definition) is 7. The number of ether oxygens (including phenoxy) is 2. The van der Waals surface area contributed by atoms with Crippen LogP contribution in [0.2, 0.25) is 0 Å². The van der Waals surface area contributed by atoms with Gasteiger partial charge in [0, 0.05) is 29.8 Å². The van der Waals surface area contributed by atoms with E-state index in [0.29, 0.717) is 62.3 Å². The van der Waals surface area contributed by atoms with Gasteiger partial charge in [-0.25, -0.2) is 14.2 Å². The van der Waals surface area contributed by atoms with Gasteiger partial charge in [0.15, 0.2) is 0 Å². The Morgan fingerprint density at radius 2 is 1.71 bits per heavy atom. The number of likely N-dealkylation sites (tertiary alicyclic amines) is 1. The number of aliphatic hydroxyl groups is 1. The predicted octanol–water partition coefficient (Wildman–Crippen LogP) is 7.30. The molecular formula is C41H52FN5O5. The van der Waals surface area contributed by atoms with Crippen LogP contribution in [0.3, 0.4) is 0 Å². The topological polar surface area (TPSA) is 110 Å². The number of aryl methyl sites for hydroxylation is 1. The third-order valence-corrected chi connectivity index (χ3v) is 13.6. The van der Waals surface area contributed by atoms with Crippen LogP contribution in [0.25, 0.3) is 11.1 Å². The highest BCUT2D eigenvalue weighted by molar-refractivity contribution is 5.95. The van der Waals surface area contributed by atoms with Crippen LogP contribution in [-0.4, -0.2) is 75.7 Å². The molecule has 1 saturated heterocycles. The van der Waals surface area contributed by atoms with E-state index >= 15 is 4.39 Å². The van der Waals surface area contributed by atoms with Crippen LogP contribution in [0.1, 0.15) is 102 Å². The van der Waals surface area contributed by atoms with Crippen molar-refractivity contribution in [2.24, 2.45) is 11.3 Å². The van der Waals surface area contributed by atoms with E-state index in [2.05, 4.69) is 42.1 Å². The number of hydrogen-bond donors (Lipinski definition) is 1. The van der Waals surface area contributed by atoms with E-state index in [1.807, 2.05) is 15.8 Å². The van der Waals surface area contributed by atoms with Gasteiger partial charge in [-0.2, -0.15) is 5.10 Å². The van der Waals surface area contributed by atoms with Crippen LogP contribution in [0, 0.1) is 24.1 Å². The fourth-order valence-corrected chi connectivity index (χ4v) is 9.69. The standard InChI is InChI=1S/C41H52FN5O5/c1-27-19-30(7-10-35(27)51-3)41-16-13-40(14-17-41,15-18-41)26-46(37(49)28-5-8-32(9-6-28)52-38(50)45-24-31(48)25-45)36-20-33(34(42)22-43-36)29-21-44-47(23-29)39(2)11-4-12-39/h7,10,19-23,28,31-32,48H,4-6,8-9,11-18,24-26H2,1-3H3. The second-order valence-electron chi connectivity index (χ2n) is 16.9.